The molecule has 0 rings (SSSR count). The Morgan fingerprint density at radius 1 is 0.614 bits per heavy atom. The number of hydrogen-bond donors (Lipinski definition) is 4. The van der Waals surface area contributed by atoms with E-state index in [4.69, 9.17) is 29.4 Å². The molecule has 338 valence electrons. The number of carbonyl (C=O) groups excluding carboxylic acids is 3. The molecule has 0 spiro atoms. The van der Waals surface area contributed by atoms with Gasteiger partial charge in [0.25, 0.3) is 0 Å². The van der Waals surface area contributed by atoms with E-state index in [0.29, 0.717) is 63.9 Å². The van der Waals surface area contributed by atoms with Gasteiger partial charge in [0.05, 0.1) is 45.7 Å². The molecule has 0 aromatic heterocycles. The smallest absolute Gasteiger partial charge is 0.306 e. The first kappa shape index (κ1) is 55.8. The van der Waals surface area contributed by atoms with E-state index in [1.54, 1.807) is 0 Å². The average molecular weight is 853 g/mol. The number of hydrogen-bond acceptors (Lipinski definition) is 12. The van der Waals surface area contributed by atoms with Gasteiger partial charge in [0, 0.05) is 37.1 Å². The lowest BCUT2D eigenvalue weighted by molar-refractivity contribution is -0.157. The zero-order valence-corrected chi connectivity index (χ0v) is 37.9. The van der Waals surface area contributed by atoms with Crippen molar-refractivity contribution in [2.24, 2.45) is 5.73 Å². The Labute approximate surface area is 351 Å². The second kappa shape index (κ2) is 41.5. The number of nitrogens with one attached hydrogen (secondary N) is 1. The van der Waals surface area contributed by atoms with Crippen LogP contribution >= 0.6 is 19.1 Å². The number of ether oxygens (including phenoxy) is 5. The Morgan fingerprint density at radius 2 is 1.04 bits per heavy atom. The number of nitrogens with two attached hydrogens (primary N) is 1. The summed E-state index contributed by atoms with van der Waals surface area (Å²) in [5.74, 6) is -0.180. The first-order chi connectivity index (χ1) is 27.6. The summed E-state index contributed by atoms with van der Waals surface area (Å²) in [6.45, 7) is 6.69. The summed E-state index contributed by atoms with van der Waals surface area (Å²) in [4.78, 5) is 56.3. The molecular formula is C43H85N2O10PS. The highest BCUT2D eigenvalue weighted by Crippen LogP contribution is 2.32. The minimum atomic E-state index is -3.05. The molecule has 0 heterocycles. The van der Waals surface area contributed by atoms with Gasteiger partial charge in [-0.3, -0.25) is 14.4 Å². The summed E-state index contributed by atoms with van der Waals surface area (Å²) in [6, 6.07) is -0.762. The molecule has 5 N–H and O–H groups in total. The van der Waals surface area contributed by atoms with Gasteiger partial charge in [0.15, 0.2) is 0 Å². The minimum Gasteiger partial charge on any atom is -0.462 e. The van der Waals surface area contributed by atoms with E-state index in [9.17, 15) is 24.2 Å². The van der Waals surface area contributed by atoms with Gasteiger partial charge in [-0.25, -0.2) is 0 Å². The lowest BCUT2D eigenvalue weighted by Crippen LogP contribution is -2.43. The van der Waals surface area contributed by atoms with Gasteiger partial charge in [-0.1, -0.05) is 149 Å². The van der Waals surface area contributed by atoms with Crippen LogP contribution in [0.2, 0.25) is 0 Å². The van der Waals surface area contributed by atoms with E-state index in [1.807, 2.05) is 0 Å². The third-order valence-electron chi connectivity index (χ3n) is 9.52. The molecule has 0 aliphatic heterocycles. The normalized spacial score (nSPS) is 12.7. The van der Waals surface area contributed by atoms with Crippen LogP contribution in [0.15, 0.2) is 0 Å². The van der Waals surface area contributed by atoms with Crippen LogP contribution in [0.5, 0.6) is 0 Å². The highest BCUT2D eigenvalue weighted by molar-refractivity contribution is 7.99. The van der Waals surface area contributed by atoms with Crippen molar-refractivity contribution >= 4 is 43.2 Å². The van der Waals surface area contributed by atoms with Crippen LogP contribution in [0.1, 0.15) is 168 Å². The van der Waals surface area contributed by atoms with Crippen LogP contribution in [0.3, 0.4) is 0 Å². The van der Waals surface area contributed by atoms with Crippen molar-refractivity contribution in [3.8, 4) is 0 Å². The molecule has 2 atom stereocenters. The van der Waals surface area contributed by atoms with Crippen molar-refractivity contribution < 1.29 is 47.9 Å². The molecule has 0 fully saturated rings. The molecule has 1 amide bonds. The molecular weight excluding hydrogens is 768 g/mol. The SMILES string of the molecule is C=P(O)(O)CCOCCOCCOCCNC(=O)[C@@H](N)CSC[C@@H](COC(=O)CCCCCCCCCCCCC)OC(=O)CCCCCCCCCCCCC. The largest absolute Gasteiger partial charge is 0.462 e. The van der Waals surface area contributed by atoms with E-state index in [2.05, 4.69) is 25.5 Å². The van der Waals surface area contributed by atoms with Gasteiger partial charge in [-0.15, -0.1) is 0 Å². The summed E-state index contributed by atoms with van der Waals surface area (Å²) < 4.78 is 27.5. The van der Waals surface area contributed by atoms with Crippen LogP contribution in [0.25, 0.3) is 0 Å². The fraction of sp³-hybridized carbons (Fsp3) is 0.907. The lowest BCUT2D eigenvalue weighted by atomic mass is 10.1. The maximum absolute atomic E-state index is 12.8. The Bertz CT molecular complexity index is 990. The minimum absolute atomic E-state index is 0.00484. The maximum Gasteiger partial charge on any atom is 0.306 e. The second-order valence-corrected chi connectivity index (χ2v) is 18.5. The fourth-order valence-corrected chi connectivity index (χ4v) is 7.41. The van der Waals surface area contributed by atoms with Gasteiger partial charge >= 0.3 is 11.9 Å². The van der Waals surface area contributed by atoms with Crippen molar-refractivity contribution in [2.45, 2.75) is 180 Å². The van der Waals surface area contributed by atoms with Crippen molar-refractivity contribution in [1.29, 1.82) is 0 Å². The number of rotatable bonds is 44. The van der Waals surface area contributed by atoms with Crippen LogP contribution in [-0.4, -0.2) is 117 Å². The van der Waals surface area contributed by atoms with E-state index in [1.165, 1.54) is 114 Å². The van der Waals surface area contributed by atoms with Gasteiger partial charge in [-0.2, -0.15) is 11.8 Å². The molecule has 12 nitrogen and oxygen atoms in total. The molecule has 0 aromatic carbocycles. The molecule has 0 saturated heterocycles. The average Bonchev–Trinajstić information content (AvgIpc) is 3.17. The van der Waals surface area contributed by atoms with E-state index in [-0.39, 0.29) is 37.2 Å². The highest BCUT2D eigenvalue weighted by Gasteiger charge is 2.20. The topological polar surface area (TPSA) is 176 Å². The van der Waals surface area contributed by atoms with Crippen LogP contribution in [0, 0.1) is 0 Å². The molecule has 0 unspecified atom stereocenters. The van der Waals surface area contributed by atoms with Gasteiger partial charge < -0.3 is 44.5 Å². The molecule has 14 heteroatoms. The molecule has 0 saturated carbocycles. The maximum atomic E-state index is 12.8. The van der Waals surface area contributed by atoms with Gasteiger partial charge in [0.2, 0.25) is 5.91 Å². The summed E-state index contributed by atoms with van der Waals surface area (Å²) >= 11 is 1.40. The number of esters is 2. The summed E-state index contributed by atoms with van der Waals surface area (Å²) in [7, 11) is -3.05. The standard InChI is InChI=1S/C43H85N2O10PS/c1-4-6-8-10-12-14-16-18-20-22-24-26-41(46)54-36-39(55-42(47)27-25-23-21-19-17-15-13-11-9-7-5-2)37-57-38-40(44)43(48)45-28-29-51-30-31-52-32-33-53-34-35-56(3,49)50/h39-40,49-50H,3-38,44H2,1-2H3,(H,45,48)/t39-,40+/m1/s1. The molecule has 0 aliphatic rings. The number of amides is 1. The third-order valence-corrected chi connectivity index (χ3v) is 11.6. The first-order valence-electron chi connectivity index (χ1n) is 22.5. The predicted octanol–water partition coefficient (Wildman–Crippen LogP) is 8.33. The quantitative estimate of drug-likeness (QED) is 0.0262. The fourth-order valence-electron chi connectivity index (χ4n) is 6.02. The Hall–Kier alpha value is -1.18. The second-order valence-electron chi connectivity index (χ2n) is 15.2. The molecule has 0 bridgehead atoms. The lowest BCUT2D eigenvalue weighted by Gasteiger charge is -2.19. The monoisotopic (exact) mass is 853 g/mol. The van der Waals surface area contributed by atoms with Crippen molar-refractivity contribution in [1.82, 2.24) is 5.32 Å². The third kappa shape index (κ3) is 42.7. The van der Waals surface area contributed by atoms with Crippen LogP contribution in [-0.2, 0) is 38.1 Å². The van der Waals surface area contributed by atoms with Crippen LogP contribution in [0.4, 0.5) is 0 Å². The Morgan fingerprint density at radius 3 is 1.51 bits per heavy atom. The zero-order valence-electron chi connectivity index (χ0n) is 36.2. The number of carbonyl (C=O) groups is 3. The number of thioether (sulfide) groups is 1. The van der Waals surface area contributed by atoms with Crippen LogP contribution < -0.4 is 11.1 Å². The molecule has 0 radical (unpaired) electrons. The zero-order chi connectivity index (χ0) is 42.1. The van der Waals surface area contributed by atoms with E-state index >= 15 is 0 Å². The van der Waals surface area contributed by atoms with Gasteiger partial charge in [0.1, 0.15) is 20.1 Å². The van der Waals surface area contributed by atoms with Crippen molar-refractivity contribution in [3.63, 3.8) is 0 Å². The first-order valence-corrected chi connectivity index (χ1v) is 25.7. The Balaban J connectivity index is 4.40. The van der Waals surface area contributed by atoms with E-state index in [0.717, 1.165) is 38.5 Å². The van der Waals surface area contributed by atoms with E-state index < -0.39 is 19.5 Å². The predicted molar refractivity (Wildman–Crippen MR) is 237 cm³/mol. The Kier molecular flexibility index (Phi) is 40.7. The molecule has 0 aliphatic carbocycles. The number of unbranched alkanes of at least 4 members (excludes halogenated alkanes) is 20. The summed E-state index contributed by atoms with van der Waals surface area (Å²) in [6.07, 6.45) is 30.0. The molecule has 0 aromatic rings. The van der Waals surface area contributed by atoms with Crippen molar-refractivity contribution in [2.75, 3.05) is 70.5 Å². The summed E-state index contributed by atoms with van der Waals surface area (Å²) in [5.41, 5.74) is 6.14. The van der Waals surface area contributed by atoms with Gasteiger partial charge in [-0.05, 0) is 12.8 Å². The van der Waals surface area contributed by atoms with Crippen molar-refractivity contribution in [3.05, 3.63) is 0 Å². The molecule has 57 heavy (non-hydrogen) atoms. The summed E-state index contributed by atoms with van der Waals surface area (Å²) in [5, 5.41) is 2.77. The highest BCUT2D eigenvalue weighted by atomic mass is 32.2.